The molecule has 0 amide bonds. The Kier molecular flexibility index (Phi) is 5.88. The normalized spacial score (nSPS) is 11.7. The van der Waals surface area contributed by atoms with E-state index in [-0.39, 0.29) is 0 Å². The minimum absolute atomic E-state index is 0.325. The lowest BCUT2D eigenvalue weighted by molar-refractivity contribution is 0.0215. The van der Waals surface area contributed by atoms with E-state index in [4.69, 9.17) is 9.47 Å². The van der Waals surface area contributed by atoms with Gasteiger partial charge in [-0.05, 0) is 53.0 Å². The quantitative estimate of drug-likeness (QED) is 0.425. The van der Waals surface area contributed by atoms with Gasteiger partial charge in [0.2, 0.25) is 0 Å². The first kappa shape index (κ1) is 15.7. The molecule has 0 saturated heterocycles. The molecule has 0 saturated carbocycles. The molecule has 1 rings (SSSR count). The van der Waals surface area contributed by atoms with Gasteiger partial charge in [-0.1, -0.05) is 25.7 Å². The molecule has 102 valence electrons. The van der Waals surface area contributed by atoms with Gasteiger partial charge in [-0.3, -0.25) is 0 Å². The molecule has 0 heterocycles. The molecule has 0 aliphatic rings. The molecule has 0 radical (unpaired) electrons. The van der Waals surface area contributed by atoms with Crippen molar-refractivity contribution in [2.45, 2.75) is 39.5 Å². The first-order valence-corrected chi connectivity index (χ1v) is 10.8. The number of aryl methyl sites for hydroxylation is 2. The third-order valence-electron chi connectivity index (χ3n) is 2.66. The number of ether oxygens (including phenoxy) is 2. The van der Waals surface area contributed by atoms with E-state index >= 15 is 0 Å². The summed E-state index contributed by atoms with van der Waals surface area (Å²) < 4.78 is 12.2. The first-order valence-electron chi connectivity index (χ1n) is 6.27. The van der Waals surface area contributed by atoms with Crippen molar-refractivity contribution in [2.24, 2.45) is 0 Å². The summed E-state index contributed by atoms with van der Waals surface area (Å²) in [7, 11) is -1.01. The van der Waals surface area contributed by atoms with Gasteiger partial charge in [0.25, 0.3) is 0 Å². The average molecular weight is 331 g/mol. The second-order valence-electron chi connectivity index (χ2n) is 5.88. The summed E-state index contributed by atoms with van der Waals surface area (Å²) in [6.07, 6.45) is 0. The molecule has 0 bridgehead atoms. The van der Waals surface area contributed by atoms with Crippen molar-refractivity contribution in [3.05, 3.63) is 27.7 Å². The van der Waals surface area contributed by atoms with Crippen molar-refractivity contribution >= 4 is 24.0 Å². The van der Waals surface area contributed by atoms with Crippen LogP contribution in [0, 0.1) is 13.8 Å². The lowest BCUT2D eigenvalue weighted by Crippen LogP contribution is -2.22. The predicted molar refractivity (Wildman–Crippen MR) is 83.2 cm³/mol. The third kappa shape index (κ3) is 5.55. The Morgan fingerprint density at radius 1 is 1.17 bits per heavy atom. The van der Waals surface area contributed by atoms with Crippen molar-refractivity contribution in [1.82, 2.24) is 0 Å². The smallest absolute Gasteiger partial charge is 0.189 e. The van der Waals surface area contributed by atoms with E-state index in [0.29, 0.717) is 6.79 Å². The largest absolute Gasteiger partial charge is 0.466 e. The van der Waals surface area contributed by atoms with Crippen molar-refractivity contribution in [3.8, 4) is 5.75 Å². The summed E-state index contributed by atoms with van der Waals surface area (Å²) >= 11 is 3.54. The van der Waals surface area contributed by atoms with Crippen molar-refractivity contribution in [2.75, 3.05) is 13.4 Å². The summed E-state index contributed by atoms with van der Waals surface area (Å²) in [6.45, 7) is 12.3. The Morgan fingerprint density at radius 3 is 2.44 bits per heavy atom. The Hall–Kier alpha value is -0.323. The van der Waals surface area contributed by atoms with Gasteiger partial charge in [0.1, 0.15) is 5.75 Å². The van der Waals surface area contributed by atoms with Gasteiger partial charge in [-0.2, -0.15) is 0 Å². The fraction of sp³-hybridized carbons (Fsp3) is 0.571. The zero-order valence-corrected chi connectivity index (χ0v) is 14.6. The van der Waals surface area contributed by atoms with Crippen LogP contribution in [-0.2, 0) is 4.74 Å². The topological polar surface area (TPSA) is 18.5 Å². The monoisotopic (exact) mass is 330 g/mol. The minimum Gasteiger partial charge on any atom is -0.466 e. The Balaban J connectivity index is 2.40. The van der Waals surface area contributed by atoms with Crippen molar-refractivity contribution in [3.63, 3.8) is 0 Å². The molecule has 4 heteroatoms. The zero-order valence-electron chi connectivity index (χ0n) is 12.0. The van der Waals surface area contributed by atoms with Crippen LogP contribution in [0.5, 0.6) is 5.75 Å². The minimum atomic E-state index is -1.01. The van der Waals surface area contributed by atoms with Gasteiger partial charge in [-0.25, -0.2) is 0 Å². The summed E-state index contributed by atoms with van der Waals surface area (Å²) in [5, 5.41) is 0. The lowest BCUT2D eigenvalue weighted by Gasteiger charge is -2.16. The molecule has 0 unspecified atom stereocenters. The molecular weight excluding hydrogens is 308 g/mol. The predicted octanol–water partition coefficient (Wildman–Crippen LogP) is 4.76. The van der Waals surface area contributed by atoms with E-state index in [9.17, 15) is 0 Å². The number of hydrogen-bond donors (Lipinski definition) is 0. The van der Waals surface area contributed by atoms with E-state index in [1.807, 2.05) is 6.07 Å². The van der Waals surface area contributed by atoms with Gasteiger partial charge >= 0.3 is 0 Å². The second-order valence-corrected chi connectivity index (χ2v) is 12.3. The fourth-order valence-electron chi connectivity index (χ4n) is 1.56. The van der Waals surface area contributed by atoms with Gasteiger partial charge in [0, 0.05) is 14.7 Å². The Labute approximate surface area is 120 Å². The molecule has 0 atom stereocenters. The summed E-state index contributed by atoms with van der Waals surface area (Å²) in [4.78, 5) is 0. The molecule has 0 aliphatic carbocycles. The molecule has 0 fully saturated rings. The van der Waals surface area contributed by atoms with Crippen LogP contribution >= 0.6 is 15.9 Å². The highest BCUT2D eigenvalue weighted by Gasteiger charge is 2.12. The molecule has 1 aromatic rings. The van der Waals surface area contributed by atoms with Gasteiger partial charge < -0.3 is 9.47 Å². The summed E-state index contributed by atoms with van der Waals surface area (Å²) in [6, 6.07) is 5.33. The van der Waals surface area contributed by atoms with E-state index < -0.39 is 8.07 Å². The molecular formula is C14H23BrO2Si. The van der Waals surface area contributed by atoms with Crippen LogP contribution in [0.3, 0.4) is 0 Å². The highest BCUT2D eigenvalue weighted by Crippen LogP contribution is 2.29. The van der Waals surface area contributed by atoms with Gasteiger partial charge in [0.15, 0.2) is 6.79 Å². The van der Waals surface area contributed by atoms with Crippen molar-refractivity contribution < 1.29 is 9.47 Å². The highest BCUT2D eigenvalue weighted by atomic mass is 79.9. The first-order chi connectivity index (χ1) is 8.29. The zero-order chi connectivity index (χ0) is 13.8. The lowest BCUT2D eigenvalue weighted by atomic mass is 10.1. The van der Waals surface area contributed by atoms with Crippen LogP contribution in [0.15, 0.2) is 16.6 Å². The summed E-state index contributed by atoms with van der Waals surface area (Å²) in [5.41, 5.74) is 2.39. The second kappa shape index (κ2) is 6.73. The van der Waals surface area contributed by atoms with Crippen LogP contribution in [-0.4, -0.2) is 21.5 Å². The average Bonchev–Trinajstić information content (AvgIpc) is 2.22. The molecule has 2 nitrogen and oxygen atoms in total. The number of rotatable bonds is 6. The number of hydrogen-bond acceptors (Lipinski definition) is 2. The highest BCUT2D eigenvalue weighted by molar-refractivity contribution is 9.10. The molecule has 0 aliphatic heterocycles. The van der Waals surface area contributed by atoms with E-state index in [0.717, 1.165) is 16.8 Å². The maximum Gasteiger partial charge on any atom is 0.189 e. The van der Waals surface area contributed by atoms with E-state index in [1.165, 1.54) is 17.2 Å². The maximum atomic E-state index is 5.66. The SMILES string of the molecule is Cc1cc(C)c(Br)c(OCOCC[Si](C)(C)C)c1. The van der Waals surface area contributed by atoms with Crippen LogP contribution < -0.4 is 4.74 Å². The molecule has 0 spiro atoms. The van der Waals surface area contributed by atoms with Crippen molar-refractivity contribution in [1.29, 1.82) is 0 Å². The van der Waals surface area contributed by atoms with Crippen LogP contribution in [0.1, 0.15) is 11.1 Å². The van der Waals surface area contributed by atoms with Crippen LogP contribution in [0.4, 0.5) is 0 Å². The summed E-state index contributed by atoms with van der Waals surface area (Å²) in [5.74, 6) is 0.862. The van der Waals surface area contributed by atoms with Gasteiger partial charge in [-0.15, -0.1) is 0 Å². The Morgan fingerprint density at radius 2 is 1.83 bits per heavy atom. The van der Waals surface area contributed by atoms with E-state index in [1.54, 1.807) is 0 Å². The van der Waals surface area contributed by atoms with Gasteiger partial charge in [0.05, 0.1) is 4.47 Å². The molecule has 0 aromatic heterocycles. The molecule has 1 aromatic carbocycles. The third-order valence-corrected chi connectivity index (χ3v) is 5.38. The van der Waals surface area contributed by atoms with Crippen LogP contribution in [0.25, 0.3) is 0 Å². The van der Waals surface area contributed by atoms with E-state index in [2.05, 4.69) is 55.5 Å². The number of benzene rings is 1. The standard InChI is InChI=1S/C14H23BrO2Si/c1-11-8-12(2)14(15)13(9-11)17-10-16-6-7-18(3,4)5/h8-9H,6-7,10H2,1-5H3. The Bertz CT molecular complexity index is 400. The molecule has 0 N–H and O–H groups in total. The molecule has 18 heavy (non-hydrogen) atoms. The fourth-order valence-corrected chi connectivity index (χ4v) is 2.66. The maximum absolute atomic E-state index is 5.66. The van der Waals surface area contributed by atoms with Crippen LogP contribution in [0.2, 0.25) is 25.7 Å². The number of halogens is 1.